The lowest BCUT2D eigenvalue weighted by Crippen LogP contribution is -2.15. The van der Waals surface area contributed by atoms with Crippen molar-refractivity contribution in [3.63, 3.8) is 0 Å². The molecule has 90 valence electrons. The number of hydrogen-bond donors (Lipinski definition) is 0. The van der Waals surface area contributed by atoms with Crippen LogP contribution in [-0.2, 0) is 20.7 Å². The Bertz CT molecular complexity index is 408. The van der Waals surface area contributed by atoms with Crippen molar-refractivity contribution < 1.29 is 17.3 Å². The van der Waals surface area contributed by atoms with Gasteiger partial charge in [0.25, 0.3) is 0 Å². The van der Waals surface area contributed by atoms with Gasteiger partial charge >= 0.3 is 10.1 Å². The normalized spacial score (nSPS) is 11.4. The SMILES string of the molecule is CCOS(=O)(=O)COc1ccc(CC)cc1. The molecular formula is C11H16O4S. The second-order valence-corrected chi connectivity index (χ2v) is 4.81. The summed E-state index contributed by atoms with van der Waals surface area (Å²) in [6.45, 7) is 3.80. The van der Waals surface area contributed by atoms with E-state index in [4.69, 9.17) is 4.74 Å². The molecule has 0 saturated carbocycles. The fourth-order valence-electron chi connectivity index (χ4n) is 1.18. The van der Waals surface area contributed by atoms with Crippen LogP contribution in [0.25, 0.3) is 0 Å². The van der Waals surface area contributed by atoms with Gasteiger partial charge in [-0.15, -0.1) is 0 Å². The van der Waals surface area contributed by atoms with Crippen LogP contribution in [0.15, 0.2) is 24.3 Å². The molecule has 0 saturated heterocycles. The third-order valence-corrected chi connectivity index (χ3v) is 3.00. The lowest BCUT2D eigenvalue weighted by Gasteiger charge is -2.07. The van der Waals surface area contributed by atoms with Gasteiger partial charge in [-0.05, 0) is 31.0 Å². The molecule has 16 heavy (non-hydrogen) atoms. The second kappa shape index (κ2) is 5.86. The molecule has 0 bridgehead atoms. The average Bonchev–Trinajstić information content (AvgIpc) is 2.27. The number of hydrogen-bond acceptors (Lipinski definition) is 4. The molecule has 1 aromatic rings. The van der Waals surface area contributed by atoms with Crippen LogP contribution in [-0.4, -0.2) is 21.0 Å². The fraction of sp³-hybridized carbons (Fsp3) is 0.455. The Morgan fingerprint density at radius 3 is 2.25 bits per heavy atom. The van der Waals surface area contributed by atoms with Crippen LogP contribution in [0.2, 0.25) is 0 Å². The van der Waals surface area contributed by atoms with E-state index in [9.17, 15) is 8.42 Å². The maximum absolute atomic E-state index is 11.2. The molecule has 0 aliphatic rings. The molecular weight excluding hydrogens is 228 g/mol. The van der Waals surface area contributed by atoms with Crippen molar-refractivity contribution in [3.05, 3.63) is 29.8 Å². The van der Waals surface area contributed by atoms with Gasteiger partial charge in [-0.25, -0.2) is 0 Å². The van der Waals surface area contributed by atoms with Gasteiger partial charge in [0.2, 0.25) is 5.94 Å². The van der Waals surface area contributed by atoms with Crippen LogP contribution >= 0.6 is 0 Å². The summed E-state index contributed by atoms with van der Waals surface area (Å²) in [6, 6.07) is 7.31. The largest absolute Gasteiger partial charge is 0.475 e. The van der Waals surface area contributed by atoms with Gasteiger partial charge in [0.1, 0.15) is 5.75 Å². The van der Waals surface area contributed by atoms with Crippen LogP contribution in [0.1, 0.15) is 19.4 Å². The molecule has 0 fully saturated rings. The van der Waals surface area contributed by atoms with E-state index < -0.39 is 16.1 Å². The zero-order valence-electron chi connectivity index (χ0n) is 9.47. The minimum absolute atomic E-state index is 0.125. The van der Waals surface area contributed by atoms with Gasteiger partial charge in [-0.3, -0.25) is 4.18 Å². The first kappa shape index (κ1) is 13.0. The highest BCUT2D eigenvalue weighted by atomic mass is 32.2. The summed E-state index contributed by atoms with van der Waals surface area (Å²) >= 11 is 0. The molecule has 0 aliphatic carbocycles. The van der Waals surface area contributed by atoms with Crippen LogP contribution < -0.4 is 4.74 Å². The molecule has 0 aromatic heterocycles. The molecule has 0 aliphatic heterocycles. The standard InChI is InChI=1S/C11H16O4S/c1-3-10-5-7-11(8-6-10)14-9-16(12,13)15-4-2/h5-8H,3-4,9H2,1-2H3. The summed E-state index contributed by atoms with van der Waals surface area (Å²) in [4.78, 5) is 0. The van der Waals surface area contributed by atoms with Gasteiger partial charge in [0.05, 0.1) is 6.61 Å². The van der Waals surface area contributed by atoms with E-state index in [1.165, 1.54) is 5.56 Å². The van der Waals surface area contributed by atoms with Crippen molar-refractivity contribution in [3.8, 4) is 5.75 Å². The van der Waals surface area contributed by atoms with Crippen LogP contribution in [0, 0.1) is 0 Å². The van der Waals surface area contributed by atoms with Crippen molar-refractivity contribution in [1.29, 1.82) is 0 Å². The van der Waals surface area contributed by atoms with Crippen LogP contribution in [0.3, 0.4) is 0 Å². The molecule has 0 amide bonds. The molecule has 0 unspecified atom stereocenters. The summed E-state index contributed by atoms with van der Waals surface area (Å²) in [6.07, 6.45) is 0.942. The molecule has 0 heterocycles. The third-order valence-electron chi connectivity index (χ3n) is 2.00. The van der Waals surface area contributed by atoms with Gasteiger partial charge in [-0.2, -0.15) is 8.42 Å². The highest BCUT2D eigenvalue weighted by molar-refractivity contribution is 7.86. The van der Waals surface area contributed by atoms with E-state index in [1.807, 2.05) is 12.1 Å². The Kier molecular flexibility index (Phi) is 4.76. The summed E-state index contributed by atoms with van der Waals surface area (Å²) < 4.78 is 32.0. The maximum atomic E-state index is 11.2. The van der Waals surface area contributed by atoms with Crippen molar-refractivity contribution in [2.24, 2.45) is 0 Å². The van der Waals surface area contributed by atoms with Crippen LogP contribution in [0.5, 0.6) is 5.75 Å². The first-order chi connectivity index (χ1) is 7.57. The second-order valence-electron chi connectivity index (χ2n) is 3.22. The summed E-state index contributed by atoms with van der Waals surface area (Å²) in [5.74, 6) is 0.0761. The quantitative estimate of drug-likeness (QED) is 0.718. The first-order valence-electron chi connectivity index (χ1n) is 5.16. The number of ether oxygens (including phenoxy) is 1. The van der Waals surface area contributed by atoms with E-state index in [1.54, 1.807) is 19.1 Å². The van der Waals surface area contributed by atoms with Gasteiger partial charge in [-0.1, -0.05) is 19.1 Å². The van der Waals surface area contributed by atoms with Crippen molar-refractivity contribution in [2.75, 3.05) is 12.5 Å². The van der Waals surface area contributed by atoms with Gasteiger partial charge in [0.15, 0.2) is 0 Å². The van der Waals surface area contributed by atoms with E-state index in [2.05, 4.69) is 11.1 Å². The Morgan fingerprint density at radius 1 is 1.12 bits per heavy atom. The summed E-state index contributed by atoms with van der Waals surface area (Å²) in [5, 5.41) is 0. The smallest absolute Gasteiger partial charge is 0.302 e. The summed E-state index contributed by atoms with van der Waals surface area (Å²) in [7, 11) is -3.57. The van der Waals surface area contributed by atoms with E-state index in [-0.39, 0.29) is 6.61 Å². The fourth-order valence-corrected chi connectivity index (χ4v) is 1.88. The van der Waals surface area contributed by atoms with Crippen molar-refractivity contribution in [1.82, 2.24) is 0 Å². The Morgan fingerprint density at radius 2 is 1.75 bits per heavy atom. The van der Waals surface area contributed by atoms with Crippen molar-refractivity contribution in [2.45, 2.75) is 20.3 Å². The average molecular weight is 244 g/mol. The molecule has 0 spiro atoms. The number of aryl methyl sites for hydroxylation is 1. The number of benzene rings is 1. The summed E-state index contributed by atoms with van der Waals surface area (Å²) in [5.41, 5.74) is 1.18. The molecule has 4 nitrogen and oxygen atoms in total. The monoisotopic (exact) mass is 244 g/mol. The van der Waals surface area contributed by atoms with Crippen molar-refractivity contribution >= 4 is 10.1 Å². The molecule has 1 rings (SSSR count). The molecule has 0 N–H and O–H groups in total. The minimum atomic E-state index is -3.57. The third kappa shape index (κ3) is 4.20. The van der Waals surface area contributed by atoms with E-state index in [0.717, 1.165) is 6.42 Å². The molecule has 5 heteroatoms. The zero-order valence-corrected chi connectivity index (χ0v) is 10.3. The van der Waals surface area contributed by atoms with Crippen LogP contribution in [0.4, 0.5) is 0 Å². The lowest BCUT2D eigenvalue weighted by atomic mass is 10.2. The maximum Gasteiger partial charge on any atom is 0.302 e. The van der Waals surface area contributed by atoms with Gasteiger partial charge < -0.3 is 4.74 Å². The predicted octanol–water partition coefficient (Wildman–Crippen LogP) is 1.95. The first-order valence-corrected chi connectivity index (χ1v) is 6.74. The predicted molar refractivity (Wildman–Crippen MR) is 61.9 cm³/mol. The minimum Gasteiger partial charge on any atom is -0.475 e. The molecule has 0 atom stereocenters. The Balaban J connectivity index is 2.54. The molecule has 0 radical (unpaired) electrons. The molecule has 1 aromatic carbocycles. The Hall–Kier alpha value is -1.07. The highest BCUT2D eigenvalue weighted by Crippen LogP contribution is 2.13. The topological polar surface area (TPSA) is 52.6 Å². The lowest BCUT2D eigenvalue weighted by molar-refractivity contribution is 0.299. The number of rotatable bonds is 6. The van der Waals surface area contributed by atoms with E-state index >= 15 is 0 Å². The zero-order chi connectivity index (χ0) is 12.0. The van der Waals surface area contributed by atoms with Gasteiger partial charge in [0, 0.05) is 0 Å². The Labute approximate surface area is 96.3 Å². The highest BCUT2D eigenvalue weighted by Gasteiger charge is 2.10. The van der Waals surface area contributed by atoms with E-state index in [0.29, 0.717) is 5.75 Å².